The minimum Gasteiger partial charge on any atom is -0.496 e. The fraction of sp³-hybridized carbons (Fsp3) is 0.200. The van der Waals surface area contributed by atoms with Crippen LogP contribution in [-0.4, -0.2) is 31.7 Å². The molecule has 2 N–H and O–H groups in total. The smallest absolute Gasteiger partial charge is 0.433 e. The highest BCUT2D eigenvalue weighted by atomic mass is 19.4. The Hall–Kier alpha value is -3.69. The molecule has 4 aromatic rings. The van der Waals surface area contributed by atoms with E-state index < -0.39 is 11.9 Å². The van der Waals surface area contributed by atoms with Crippen molar-refractivity contribution in [3.63, 3.8) is 0 Å². The quantitative estimate of drug-likeness (QED) is 0.543. The normalized spacial score (nSPS) is 11.8. The van der Waals surface area contributed by atoms with Crippen molar-refractivity contribution in [3.8, 4) is 28.1 Å². The highest BCUT2D eigenvalue weighted by Crippen LogP contribution is 2.40. The Labute approximate surface area is 169 Å². The Balaban J connectivity index is 2.14. The van der Waals surface area contributed by atoms with Gasteiger partial charge in [-0.2, -0.15) is 17.7 Å². The number of anilines is 1. The van der Waals surface area contributed by atoms with Crippen LogP contribution < -0.4 is 10.5 Å². The number of nitrogen functional groups attached to an aromatic ring is 1. The van der Waals surface area contributed by atoms with Crippen molar-refractivity contribution in [2.75, 3.05) is 12.8 Å². The van der Waals surface area contributed by atoms with Crippen molar-refractivity contribution >= 4 is 11.6 Å². The summed E-state index contributed by atoms with van der Waals surface area (Å²) in [5.41, 5.74) is 7.09. The standard InChI is InChI=1S/C20H17F3N6O/c1-10-8-12(9-15(25-10)20(21,22)23)16-17(13-6-4-5-7-14(13)30-3)27-19(24)29-18(16)26-11(2)28-29/h4-9H,1-3H3,(H2,24,27). The van der Waals surface area contributed by atoms with Crippen LogP contribution in [0.2, 0.25) is 0 Å². The highest BCUT2D eigenvalue weighted by molar-refractivity contribution is 5.92. The van der Waals surface area contributed by atoms with Crippen LogP contribution in [0.25, 0.3) is 28.0 Å². The van der Waals surface area contributed by atoms with Crippen LogP contribution in [0.4, 0.5) is 19.1 Å². The SMILES string of the molecule is COc1ccccc1-c1nc(N)n2nc(C)nc2c1-c1cc(C)nc(C(F)(F)F)c1. The fourth-order valence-corrected chi connectivity index (χ4v) is 3.32. The summed E-state index contributed by atoms with van der Waals surface area (Å²) in [6.07, 6.45) is -4.60. The summed E-state index contributed by atoms with van der Waals surface area (Å²) < 4.78 is 47.1. The molecule has 7 nitrogen and oxygen atoms in total. The number of benzene rings is 1. The predicted octanol–water partition coefficient (Wildman–Crippen LogP) is 4.08. The van der Waals surface area contributed by atoms with E-state index >= 15 is 0 Å². The van der Waals surface area contributed by atoms with Crippen molar-refractivity contribution in [2.24, 2.45) is 0 Å². The number of methoxy groups -OCH3 is 1. The lowest BCUT2D eigenvalue weighted by Crippen LogP contribution is -2.10. The first-order chi connectivity index (χ1) is 14.2. The van der Waals surface area contributed by atoms with Gasteiger partial charge in [-0.3, -0.25) is 0 Å². The lowest BCUT2D eigenvalue weighted by atomic mass is 9.98. The first kappa shape index (κ1) is 19.6. The topological polar surface area (TPSA) is 91.2 Å². The number of nitrogens with zero attached hydrogens (tertiary/aromatic N) is 5. The van der Waals surface area contributed by atoms with Gasteiger partial charge >= 0.3 is 6.18 Å². The van der Waals surface area contributed by atoms with E-state index in [9.17, 15) is 13.2 Å². The maximum absolute atomic E-state index is 13.4. The molecule has 10 heteroatoms. The minimum atomic E-state index is -4.60. The Morgan fingerprint density at radius 2 is 1.77 bits per heavy atom. The van der Waals surface area contributed by atoms with Crippen LogP contribution in [0.5, 0.6) is 5.75 Å². The van der Waals surface area contributed by atoms with Crippen molar-refractivity contribution in [2.45, 2.75) is 20.0 Å². The molecule has 154 valence electrons. The van der Waals surface area contributed by atoms with E-state index in [1.165, 1.54) is 18.5 Å². The Morgan fingerprint density at radius 3 is 2.47 bits per heavy atom. The summed E-state index contributed by atoms with van der Waals surface area (Å²) in [6, 6.07) is 9.56. The third kappa shape index (κ3) is 3.30. The number of fused-ring (bicyclic) bond motifs is 1. The third-order valence-corrected chi connectivity index (χ3v) is 4.51. The van der Waals surface area contributed by atoms with Gasteiger partial charge in [-0.05, 0) is 43.7 Å². The first-order valence-electron chi connectivity index (χ1n) is 8.91. The van der Waals surface area contributed by atoms with E-state index in [0.717, 1.165) is 6.07 Å². The number of nitrogens with two attached hydrogens (primary N) is 1. The summed E-state index contributed by atoms with van der Waals surface area (Å²) in [4.78, 5) is 12.5. The number of rotatable bonds is 3. The summed E-state index contributed by atoms with van der Waals surface area (Å²) in [5.74, 6) is 0.953. The van der Waals surface area contributed by atoms with Gasteiger partial charge in [0.05, 0.1) is 18.4 Å². The lowest BCUT2D eigenvalue weighted by molar-refractivity contribution is -0.141. The molecule has 0 aliphatic carbocycles. The van der Waals surface area contributed by atoms with E-state index in [4.69, 9.17) is 10.5 Å². The zero-order valence-electron chi connectivity index (χ0n) is 16.3. The van der Waals surface area contributed by atoms with E-state index in [1.54, 1.807) is 37.3 Å². The van der Waals surface area contributed by atoms with Gasteiger partial charge < -0.3 is 10.5 Å². The number of hydrogen-bond donors (Lipinski definition) is 1. The molecule has 0 spiro atoms. The van der Waals surface area contributed by atoms with Crippen LogP contribution in [0.3, 0.4) is 0 Å². The molecule has 30 heavy (non-hydrogen) atoms. The van der Waals surface area contributed by atoms with Crippen molar-refractivity contribution < 1.29 is 17.9 Å². The van der Waals surface area contributed by atoms with Crippen molar-refractivity contribution in [1.29, 1.82) is 0 Å². The zero-order chi connectivity index (χ0) is 21.6. The van der Waals surface area contributed by atoms with E-state index in [2.05, 4.69) is 20.1 Å². The monoisotopic (exact) mass is 414 g/mol. The molecule has 1 aromatic carbocycles. The molecule has 0 unspecified atom stereocenters. The van der Waals surface area contributed by atoms with E-state index in [-0.39, 0.29) is 17.2 Å². The van der Waals surface area contributed by atoms with Crippen molar-refractivity contribution in [1.82, 2.24) is 24.6 Å². The number of para-hydroxylation sites is 1. The van der Waals surface area contributed by atoms with E-state index in [1.807, 2.05) is 0 Å². The maximum Gasteiger partial charge on any atom is 0.433 e. The van der Waals surface area contributed by atoms with Gasteiger partial charge in [0, 0.05) is 11.3 Å². The highest BCUT2D eigenvalue weighted by Gasteiger charge is 2.34. The molecule has 3 heterocycles. The van der Waals surface area contributed by atoms with E-state index in [0.29, 0.717) is 34.0 Å². The molecular weight excluding hydrogens is 397 g/mol. The fourth-order valence-electron chi connectivity index (χ4n) is 3.32. The maximum atomic E-state index is 13.4. The van der Waals surface area contributed by atoms with Gasteiger partial charge in [0.15, 0.2) is 5.65 Å². The van der Waals surface area contributed by atoms with Gasteiger partial charge in [-0.15, -0.1) is 5.10 Å². The Kier molecular flexibility index (Phi) is 4.56. The Morgan fingerprint density at radius 1 is 1.03 bits per heavy atom. The van der Waals surface area contributed by atoms with Gasteiger partial charge in [-0.25, -0.2) is 15.0 Å². The van der Waals surface area contributed by atoms with Gasteiger partial charge in [0.2, 0.25) is 5.95 Å². The zero-order valence-corrected chi connectivity index (χ0v) is 16.3. The summed E-state index contributed by atoms with van der Waals surface area (Å²) >= 11 is 0. The molecule has 0 fully saturated rings. The number of ether oxygens (including phenoxy) is 1. The number of alkyl halides is 3. The first-order valence-corrected chi connectivity index (χ1v) is 8.91. The molecule has 0 aliphatic rings. The molecule has 0 saturated heterocycles. The van der Waals surface area contributed by atoms with Gasteiger partial charge in [-0.1, -0.05) is 12.1 Å². The summed E-state index contributed by atoms with van der Waals surface area (Å²) in [6.45, 7) is 3.16. The molecule has 0 saturated carbocycles. The number of halogens is 3. The van der Waals surface area contributed by atoms with Crippen LogP contribution in [0.1, 0.15) is 17.2 Å². The molecular formula is C20H17F3N6O. The average Bonchev–Trinajstić information content (AvgIpc) is 3.08. The van der Waals surface area contributed by atoms with Crippen molar-refractivity contribution in [3.05, 3.63) is 53.6 Å². The number of aromatic nitrogens is 5. The third-order valence-electron chi connectivity index (χ3n) is 4.51. The molecule has 0 aliphatic heterocycles. The summed E-state index contributed by atoms with van der Waals surface area (Å²) in [5, 5.41) is 4.22. The summed E-state index contributed by atoms with van der Waals surface area (Å²) in [7, 11) is 1.50. The van der Waals surface area contributed by atoms with Crippen LogP contribution in [0.15, 0.2) is 36.4 Å². The molecule has 0 radical (unpaired) electrons. The predicted molar refractivity (Wildman–Crippen MR) is 105 cm³/mol. The second-order valence-electron chi connectivity index (χ2n) is 6.67. The average molecular weight is 414 g/mol. The van der Waals surface area contributed by atoms with Crippen LogP contribution in [-0.2, 0) is 6.18 Å². The lowest BCUT2D eigenvalue weighted by Gasteiger charge is -2.16. The molecule has 0 amide bonds. The minimum absolute atomic E-state index is 0.0529. The second-order valence-corrected chi connectivity index (χ2v) is 6.67. The number of pyridine rings is 1. The number of hydrogen-bond acceptors (Lipinski definition) is 6. The largest absolute Gasteiger partial charge is 0.496 e. The Bertz CT molecular complexity index is 1270. The van der Waals surface area contributed by atoms with Gasteiger partial charge in [0.1, 0.15) is 17.3 Å². The number of aryl methyl sites for hydroxylation is 2. The van der Waals surface area contributed by atoms with Crippen LogP contribution in [0, 0.1) is 13.8 Å². The second kappa shape index (κ2) is 6.97. The molecule has 0 bridgehead atoms. The van der Waals surface area contributed by atoms with Crippen LogP contribution >= 0.6 is 0 Å². The molecule has 3 aromatic heterocycles. The molecule has 0 atom stereocenters. The molecule has 4 rings (SSSR count). The van der Waals surface area contributed by atoms with Gasteiger partial charge in [0.25, 0.3) is 0 Å².